The Morgan fingerprint density at radius 3 is 1.82 bits per heavy atom. The molecule has 2 aromatic carbocycles. The fourth-order valence-electron chi connectivity index (χ4n) is 5.07. The molecule has 0 unspecified atom stereocenters. The first-order valence-electron chi connectivity index (χ1n) is 15.5. The molecule has 6 heterocycles. The van der Waals surface area contributed by atoms with Crippen molar-refractivity contribution in [3.8, 4) is 22.5 Å². The first-order chi connectivity index (χ1) is 24.8. The number of halogens is 3. The average Bonchev–Trinajstić information content (AvgIpc) is 3.73. The number of anilines is 4. The molecule has 0 aliphatic carbocycles. The lowest BCUT2D eigenvalue weighted by Gasteiger charge is -2.11. The summed E-state index contributed by atoms with van der Waals surface area (Å²) in [7, 11) is 0. The standard InChI is InChI=1S/C18H14BrClN6.C17H14BrN7/c19-13-10-24-26-17(23-9-11-5-6-16(21)22-8-11)7-15(25-18(13)26)12-3-1-2-4-14(12)20;18-13-10-23-25-15(20-7-11-8-21-17(19)22-9-11)6-14(24-16(13)25)12-4-2-1-3-5-12/h1-8,10,23H,9H2,(H2,21,22);1-6,8-10,20H,7H2,(H2,19,21,22). The molecule has 254 valence electrons. The molecule has 0 spiro atoms. The summed E-state index contributed by atoms with van der Waals surface area (Å²) in [4.78, 5) is 21.5. The lowest BCUT2D eigenvalue weighted by Crippen LogP contribution is -2.07. The van der Waals surface area contributed by atoms with Gasteiger partial charge < -0.3 is 22.1 Å². The predicted octanol–water partition coefficient (Wildman–Crippen LogP) is 7.54. The smallest absolute Gasteiger partial charge is 0.219 e. The highest BCUT2D eigenvalue weighted by Crippen LogP contribution is 2.31. The maximum Gasteiger partial charge on any atom is 0.219 e. The molecule has 6 N–H and O–H groups in total. The van der Waals surface area contributed by atoms with Gasteiger partial charge in [0.05, 0.1) is 32.7 Å². The van der Waals surface area contributed by atoms with Crippen molar-refractivity contribution in [2.75, 3.05) is 22.1 Å². The van der Waals surface area contributed by atoms with Crippen LogP contribution in [-0.2, 0) is 13.1 Å². The van der Waals surface area contributed by atoms with Gasteiger partial charge in [-0.3, -0.25) is 0 Å². The van der Waals surface area contributed by atoms with Gasteiger partial charge in [0, 0.05) is 65.5 Å². The largest absolute Gasteiger partial charge is 0.384 e. The Hall–Kier alpha value is -5.64. The molecule has 0 radical (unpaired) electrons. The number of hydrogen-bond donors (Lipinski definition) is 4. The first-order valence-corrected chi connectivity index (χ1v) is 17.4. The minimum absolute atomic E-state index is 0.262. The number of nitrogens with two attached hydrogens (primary N) is 2. The zero-order valence-corrected chi connectivity index (χ0v) is 30.5. The van der Waals surface area contributed by atoms with Crippen molar-refractivity contribution in [2.45, 2.75) is 13.1 Å². The molecule has 0 aliphatic rings. The van der Waals surface area contributed by atoms with Crippen molar-refractivity contribution in [1.82, 2.24) is 44.1 Å². The number of pyridine rings is 1. The Kier molecular flexibility index (Phi) is 10.0. The molecule has 0 saturated carbocycles. The minimum atomic E-state index is 0.262. The second-order valence-electron chi connectivity index (χ2n) is 11.1. The number of nitrogens with zero attached hydrogens (tertiary/aromatic N) is 9. The van der Waals surface area contributed by atoms with Gasteiger partial charge in [0.1, 0.15) is 17.5 Å². The zero-order valence-electron chi connectivity index (χ0n) is 26.6. The van der Waals surface area contributed by atoms with E-state index in [0.29, 0.717) is 29.6 Å². The van der Waals surface area contributed by atoms with Gasteiger partial charge in [-0.1, -0.05) is 66.2 Å². The summed E-state index contributed by atoms with van der Waals surface area (Å²) in [5.41, 5.74) is 18.1. The van der Waals surface area contributed by atoms with Gasteiger partial charge in [0.15, 0.2) is 11.3 Å². The van der Waals surface area contributed by atoms with E-state index in [4.69, 9.17) is 33.0 Å². The molecule has 51 heavy (non-hydrogen) atoms. The van der Waals surface area contributed by atoms with Crippen LogP contribution in [0.2, 0.25) is 5.02 Å². The fourth-order valence-corrected chi connectivity index (χ4v) is 6.00. The van der Waals surface area contributed by atoms with E-state index in [1.807, 2.05) is 72.8 Å². The molecule has 8 rings (SSSR count). The van der Waals surface area contributed by atoms with Crippen LogP contribution in [0.15, 0.2) is 119 Å². The number of aromatic nitrogens is 9. The van der Waals surface area contributed by atoms with Crippen molar-refractivity contribution in [3.63, 3.8) is 0 Å². The molecule has 0 fully saturated rings. The van der Waals surface area contributed by atoms with Gasteiger partial charge in [-0.2, -0.15) is 19.2 Å². The Labute approximate surface area is 313 Å². The summed E-state index contributed by atoms with van der Waals surface area (Å²) >= 11 is 13.4. The Balaban J connectivity index is 0.000000159. The highest BCUT2D eigenvalue weighted by molar-refractivity contribution is 9.11. The number of rotatable bonds is 8. The number of hydrogen-bond acceptors (Lipinski definition) is 11. The summed E-state index contributed by atoms with van der Waals surface area (Å²) in [5, 5.41) is 16.1. The second-order valence-corrected chi connectivity index (χ2v) is 13.2. The summed E-state index contributed by atoms with van der Waals surface area (Å²) in [6.07, 6.45) is 8.59. The van der Waals surface area contributed by atoms with Gasteiger partial charge in [-0.05, 0) is 49.6 Å². The molecule has 0 bridgehead atoms. The molecule has 0 aliphatic heterocycles. The number of benzene rings is 2. The third-order valence-corrected chi connectivity index (χ3v) is 9.05. The van der Waals surface area contributed by atoms with E-state index in [1.165, 1.54) is 0 Å². The van der Waals surface area contributed by atoms with Crippen LogP contribution in [0.3, 0.4) is 0 Å². The summed E-state index contributed by atoms with van der Waals surface area (Å²) < 4.78 is 5.15. The molecule has 0 atom stereocenters. The predicted molar refractivity (Wildman–Crippen MR) is 207 cm³/mol. The van der Waals surface area contributed by atoms with Crippen molar-refractivity contribution >= 4 is 78.2 Å². The fraction of sp³-hybridized carbons (Fsp3) is 0.0571. The van der Waals surface area contributed by atoms with E-state index in [9.17, 15) is 0 Å². The van der Waals surface area contributed by atoms with Crippen LogP contribution in [0, 0.1) is 0 Å². The van der Waals surface area contributed by atoms with Crippen LogP contribution < -0.4 is 22.1 Å². The van der Waals surface area contributed by atoms with Crippen molar-refractivity contribution < 1.29 is 0 Å². The van der Waals surface area contributed by atoms with Crippen LogP contribution in [0.25, 0.3) is 33.8 Å². The summed E-state index contributed by atoms with van der Waals surface area (Å²) in [6.45, 7) is 1.12. The van der Waals surface area contributed by atoms with Gasteiger partial charge in [0.2, 0.25) is 5.95 Å². The van der Waals surface area contributed by atoms with E-state index in [1.54, 1.807) is 46.1 Å². The Bertz CT molecular complexity index is 2430. The molecular weight excluding hydrogens is 798 g/mol. The first kappa shape index (κ1) is 33.8. The molecule has 8 aromatic rings. The van der Waals surface area contributed by atoms with Crippen LogP contribution in [0.4, 0.5) is 23.4 Å². The topological polar surface area (TPSA) is 175 Å². The third kappa shape index (κ3) is 7.75. The normalized spacial score (nSPS) is 11.0. The van der Waals surface area contributed by atoms with Gasteiger partial charge in [0.25, 0.3) is 0 Å². The average molecular weight is 826 g/mol. The number of nitrogen functional groups attached to an aromatic ring is 2. The summed E-state index contributed by atoms with van der Waals surface area (Å²) in [6, 6.07) is 25.3. The van der Waals surface area contributed by atoms with Crippen molar-refractivity contribution in [3.05, 3.63) is 135 Å². The monoisotopic (exact) mass is 823 g/mol. The highest BCUT2D eigenvalue weighted by atomic mass is 79.9. The quantitative estimate of drug-likeness (QED) is 0.119. The third-order valence-electron chi connectivity index (χ3n) is 7.60. The van der Waals surface area contributed by atoms with Crippen LogP contribution in [0.1, 0.15) is 11.1 Å². The van der Waals surface area contributed by atoms with Crippen molar-refractivity contribution in [1.29, 1.82) is 0 Å². The Morgan fingerprint density at radius 2 is 1.20 bits per heavy atom. The highest BCUT2D eigenvalue weighted by Gasteiger charge is 2.14. The molecule has 13 nitrogen and oxygen atoms in total. The van der Waals surface area contributed by atoms with E-state index >= 15 is 0 Å². The number of fused-ring (bicyclic) bond motifs is 2. The van der Waals surface area contributed by atoms with Gasteiger partial charge >= 0.3 is 0 Å². The van der Waals surface area contributed by atoms with E-state index in [2.05, 4.69) is 67.6 Å². The second kappa shape index (κ2) is 15.1. The van der Waals surface area contributed by atoms with E-state index < -0.39 is 0 Å². The van der Waals surface area contributed by atoms with Crippen LogP contribution in [0.5, 0.6) is 0 Å². The molecule has 6 aromatic heterocycles. The number of nitrogens with one attached hydrogen (secondary N) is 2. The zero-order chi connectivity index (χ0) is 35.3. The lowest BCUT2D eigenvalue weighted by molar-refractivity contribution is 0.923. The van der Waals surface area contributed by atoms with Crippen LogP contribution >= 0.6 is 43.5 Å². The van der Waals surface area contributed by atoms with Gasteiger partial charge in [-0.25, -0.2) is 24.9 Å². The SMILES string of the molecule is Nc1ccc(CNc2cc(-c3ccccc3Cl)nc3c(Br)cnn23)cn1.Nc1ncc(CNc2cc(-c3ccccc3)nc3c(Br)cnn23)cn1. The van der Waals surface area contributed by atoms with Crippen LogP contribution in [-0.4, -0.2) is 44.1 Å². The minimum Gasteiger partial charge on any atom is -0.384 e. The summed E-state index contributed by atoms with van der Waals surface area (Å²) in [5.74, 6) is 2.38. The van der Waals surface area contributed by atoms with E-state index in [0.717, 1.165) is 59.9 Å². The molecule has 16 heteroatoms. The molecule has 0 amide bonds. The van der Waals surface area contributed by atoms with E-state index in [-0.39, 0.29) is 5.95 Å². The maximum absolute atomic E-state index is 6.35. The molecular formula is C35H28Br2ClN13. The van der Waals surface area contributed by atoms with Crippen molar-refractivity contribution in [2.24, 2.45) is 0 Å². The lowest BCUT2D eigenvalue weighted by atomic mass is 10.1. The maximum atomic E-state index is 6.35. The molecule has 0 saturated heterocycles. The van der Waals surface area contributed by atoms with Gasteiger partial charge in [-0.15, -0.1) is 0 Å². The Morgan fingerprint density at radius 1 is 0.627 bits per heavy atom.